The van der Waals surface area contributed by atoms with Crippen LogP contribution in [0, 0.1) is 0 Å². The van der Waals surface area contributed by atoms with Crippen LogP contribution in [0.5, 0.6) is 11.5 Å². The minimum Gasteiger partial charge on any atom is -0.486 e. The van der Waals surface area contributed by atoms with E-state index in [0.29, 0.717) is 36.7 Å². The van der Waals surface area contributed by atoms with Gasteiger partial charge in [-0.2, -0.15) is 0 Å². The number of hydrogen-bond acceptors (Lipinski definition) is 4. The van der Waals surface area contributed by atoms with Crippen molar-refractivity contribution < 1.29 is 14.3 Å². The predicted molar refractivity (Wildman–Crippen MR) is 76.4 cm³/mol. The van der Waals surface area contributed by atoms with Gasteiger partial charge in [-0.1, -0.05) is 19.3 Å². The molecule has 1 aromatic carbocycles. The maximum absolute atomic E-state index is 12.4. The molecule has 0 radical (unpaired) electrons. The van der Waals surface area contributed by atoms with Crippen molar-refractivity contribution in [3.63, 3.8) is 0 Å². The third-order valence-corrected chi connectivity index (χ3v) is 4.23. The number of hydrogen-bond donors (Lipinski definition) is 1. The summed E-state index contributed by atoms with van der Waals surface area (Å²) in [6, 6.07) is 5.40. The number of carbonyl (C=O) groups is 1. The number of fused-ring (bicyclic) bond motifs is 1. The van der Waals surface area contributed by atoms with Crippen molar-refractivity contribution in [2.75, 3.05) is 13.2 Å². The van der Waals surface area contributed by atoms with E-state index in [1.54, 1.807) is 6.07 Å². The Kier molecular flexibility index (Phi) is 3.66. The van der Waals surface area contributed by atoms with Gasteiger partial charge in [0.25, 0.3) is 0 Å². The van der Waals surface area contributed by atoms with Gasteiger partial charge in [0.2, 0.25) is 0 Å². The summed E-state index contributed by atoms with van der Waals surface area (Å²) in [7, 11) is 0. The molecule has 0 unspecified atom stereocenters. The molecule has 4 nitrogen and oxygen atoms in total. The number of carbonyl (C=O) groups excluding carboxylic acids is 1. The Morgan fingerprint density at radius 2 is 1.80 bits per heavy atom. The first-order valence-corrected chi connectivity index (χ1v) is 7.38. The maximum Gasteiger partial charge on any atom is 0.164 e. The zero-order chi connectivity index (χ0) is 14.0. The van der Waals surface area contributed by atoms with E-state index in [1.165, 1.54) is 6.42 Å². The molecule has 3 rings (SSSR count). The Morgan fingerprint density at radius 1 is 1.10 bits per heavy atom. The highest BCUT2D eigenvalue weighted by Crippen LogP contribution is 2.33. The van der Waals surface area contributed by atoms with Gasteiger partial charge < -0.3 is 15.2 Å². The molecule has 0 saturated heterocycles. The molecule has 20 heavy (non-hydrogen) atoms. The minimum atomic E-state index is -0.317. The van der Waals surface area contributed by atoms with Crippen molar-refractivity contribution in [3.05, 3.63) is 23.8 Å². The van der Waals surface area contributed by atoms with E-state index in [1.807, 2.05) is 12.1 Å². The van der Waals surface area contributed by atoms with Crippen molar-refractivity contribution in [3.8, 4) is 11.5 Å². The first kappa shape index (κ1) is 13.4. The fourth-order valence-electron chi connectivity index (χ4n) is 3.07. The lowest BCUT2D eigenvalue weighted by atomic mass is 9.78. The molecular formula is C16H21NO3. The number of ether oxygens (including phenoxy) is 2. The standard InChI is InChI=1S/C16H21NO3/c17-16(6-2-1-3-7-16)11-13(18)12-4-5-14-15(10-12)20-9-8-19-14/h4-5,10H,1-3,6-9,11,17H2. The Balaban J connectivity index is 1.73. The highest BCUT2D eigenvalue weighted by atomic mass is 16.6. The normalized spacial score (nSPS) is 20.4. The number of nitrogens with two attached hydrogens (primary N) is 1. The van der Waals surface area contributed by atoms with Gasteiger partial charge in [-0.25, -0.2) is 0 Å². The molecule has 2 aliphatic rings. The topological polar surface area (TPSA) is 61.6 Å². The van der Waals surface area contributed by atoms with Crippen LogP contribution in [0.1, 0.15) is 48.9 Å². The van der Waals surface area contributed by atoms with Crippen molar-refractivity contribution in [1.29, 1.82) is 0 Å². The van der Waals surface area contributed by atoms with Crippen LogP contribution in [-0.4, -0.2) is 24.5 Å². The fourth-order valence-corrected chi connectivity index (χ4v) is 3.07. The van der Waals surface area contributed by atoms with Crippen LogP contribution in [0.2, 0.25) is 0 Å². The monoisotopic (exact) mass is 275 g/mol. The second kappa shape index (κ2) is 5.44. The summed E-state index contributed by atoms with van der Waals surface area (Å²) in [4.78, 5) is 12.4. The first-order valence-electron chi connectivity index (χ1n) is 7.38. The lowest BCUT2D eigenvalue weighted by molar-refractivity contribution is 0.0933. The molecule has 0 aromatic heterocycles. The summed E-state index contributed by atoms with van der Waals surface area (Å²) in [6.07, 6.45) is 5.81. The molecule has 0 spiro atoms. The first-order chi connectivity index (χ1) is 9.66. The molecule has 108 valence electrons. The Bertz CT molecular complexity index is 506. The van der Waals surface area contributed by atoms with Crippen LogP contribution >= 0.6 is 0 Å². The second-order valence-electron chi connectivity index (χ2n) is 5.88. The summed E-state index contributed by atoms with van der Waals surface area (Å²) in [5.41, 5.74) is 6.71. The molecule has 1 aliphatic heterocycles. The Hall–Kier alpha value is -1.55. The van der Waals surface area contributed by atoms with E-state index < -0.39 is 0 Å². The van der Waals surface area contributed by atoms with Crippen molar-refractivity contribution >= 4 is 5.78 Å². The van der Waals surface area contributed by atoms with Gasteiger partial charge in [0.15, 0.2) is 17.3 Å². The van der Waals surface area contributed by atoms with E-state index in [0.717, 1.165) is 25.7 Å². The summed E-state index contributed by atoms with van der Waals surface area (Å²) in [5, 5.41) is 0. The molecule has 1 fully saturated rings. The maximum atomic E-state index is 12.4. The SMILES string of the molecule is NC1(CC(=O)c2ccc3c(c2)OCCO3)CCCCC1. The van der Waals surface area contributed by atoms with E-state index in [2.05, 4.69) is 0 Å². The van der Waals surface area contributed by atoms with Gasteiger partial charge in [-0.05, 0) is 31.0 Å². The van der Waals surface area contributed by atoms with Gasteiger partial charge in [-0.3, -0.25) is 4.79 Å². The molecule has 0 amide bonds. The van der Waals surface area contributed by atoms with Crippen LogP contribution in [0.4, 0.5) is 0 Å². The van der Waals surface area contributed by atoms with Gasteiger partial charge in [0.05, 0.1) is 0 Å². The molecule has 2 N–H and O–H groups in total. The minimum absolute atomic E-state index is 0.103. The molecule has 1 saturated carbocycles. The van der Waals surface area contributed by atoms with Crippen molar-refractivity contribution in [2.45, 2.75) is 44.1 Å². The van der Waals surface area contributed by atoms with E-state index >= 15 is 0 Å². The number of ketones is 1. The molecular weight excluding hydrogens is 254 g/mol. The quantitative estimate of drug-likeness (QED) is 0.862. The zero-order valence-corrected chi connectivity index (χ0v) is 11.7. The molecule has 1 aliphatic carbocycles. The Morgan fingerprint density at radius 3 is 2.55 bits per heavy atom. The van der Waals surface area contributed by atoms with Gasteiger partial charge in [-0.15, -0.1) is 0 Å². The second-order valence-corrected chi connectivity index (χ2v) is 5.88. The molecule has 1 aromatic rings. The highest BCUT2D eigenvalue weighted by Gasteiger charge is 2.30. The van der Waals surface area contributed by atoms with E-state index in [-0.39, 0.29) is 11.3 Å². The fraction of sp³-hybridized carbons (Fsp3) is 0.562. The number of Topliss-reactive ketones (excluding diaryl/α,β-unsaturated/α-hetero) is 1. The average Bonchev–Trinajstić information content (AvgIpc) is 2.47. The predicted octanol–water partition coefficient (Wildman–Crippen LogP) is 2.69. The van der Waals surface area contributed by atoms with Crippen LogP contribution in [0.25, 0.3) is 0 Å². The smallest absolute Gasteiger partial charge is 0.164 e. The summed E-state index contributed by atoms with van der Waals surface area (Å²) < 4.78 is 11.0. The van der Waals surface area contributed by atoms with Gasteiger partial charge in [0.1, 0.15) is 13.2 Å². The van der Waals surface area contributed by atoms with Crippen LogP contribution in [0.15, 0.2) is 18.2 Å². The van der Waals surface area contributed by atoms with Crippen LogP contribution < -0.4 is 15.2 Å². The average molecular weight is 275 g/mol. The summed E-state index contributed by atoms with van der Waals surface area (Å²) in [6.45, 7) is 1.09. The number of rotatable bonds is 3. The van der Waals surface area contributed by atoms with Crippen LogP contribution in [-0.2, 0) is 0 Å². The van der Waals surface area contributed by atoms with E-state index in [4.69, 9.17) is 15.2 Å². The lowest BCUT2D eigenvalue weighted by Crippen LogP contribution is -2.43. The van der Waals surface area contributed by atoms with E-state index in [9.17, 15) is 4.79 Å². The van der Waals surface area contributed by atoms with Gasteiger partial charge >= 0.3 is 0 Å². The molecule has 0 bridgehead atoms. The van der Waals surface area contributed by atoms with Crippen molar-refractivity contribution in [1.82, 2.24) is 0 Å². The Labute approximate surface area is 119 Å². The summed E-state index contributed by atoms with van der Waals surface area (Å²) in [5.74, 6) is 1.48. The van der Waals surface area contributed by atoms with Crippen molar-refractivity contribution in [2.24, 2.45) is 5.73 Å². The number of benzene rings is 1. The summed E-state index contributed by atoms with van der Waals surface area (Å²) >= 11 is 0. The highest BCUT2D eigenvalue weighted by molar-refractivity contribution is 5.97. The van der Waals surface area contributed by atoms with Gasteiger partial charge in [0, 0.05) is 17.5 Å². The lowest BCUT2D eigenvalue weighted by Gasteiger charge is -2.32. The zero-order valence-electron chi connectivity index (χ0n) is 11.7. The third-order valence-electron chi connectivity index (χ3n) is 4.23. The molecule has 0 atom stereocenters. The largest absolute Gasteiger partial charge is 0.486 e. The molecule has 1 heterocycles. The van der Waals surface area contributed by atoms with Crippen LogP contribution in [0.3, 0.4) is 0 Å². The third kappa shape index (κ3) is 2.80. The molecule has 4 heteroatoms.